The number of anilines is 1. The van der Waals surface area contributed by atoms with E-state index >= 15 is 0 Å². The molecule has 0 saturated carbocycles. The van der Waals surface area contributed by atoms with Crippen LogP contribution in [0, 0.1) is 0 Å². The lowest BCUT2D eigenvalue weighted by Gasteiger charge is -2.22. The number of pyridine rings is 1. The Bertz CT molecular complexity index is 2440. The van der Waals surface area contributed by atoms with E-state index in [0.29, 0.717) is 56.6 Å². The maximum atomic E-state index is 14.8. The number of carbonyl (C=O) groups is 2. The number of carbonyl (C=O) groups excluding carboxylic acids is 2. The maximum absolute atomic E-state index is 14.8. The van der Waals surface area contributed by atoms with Crippen LogP contribution < -0.4 is 34.6 Å². The zero-order valence-corrected chi connectivity index (χ0v) is 33.1. The molecule has 0 fully saturated rings. The van der Waals surface area contributed by atoms with E-state index in [2.05, 4.69) is 5.32 Å². The minimum atomic E-state index is -0.799. The molecule has 1 amide bonds. The van der Waals surface area contributed by atoms with Crippen LogP contribution in [-0.2, 0) is 16.1 Å². The number of benzene rings is 5. The highest BCUT2D eigenvalue weighted by atomic mass is 16.6. The van der Waals surface area contributed by atoms with Gasteiger partial charge in [0.05, 0.1) is 40.9 Å². The molecule has 0 aliphatic heterocycles. The molecule has 12 heteroatoms. The van der Waals surface area contributed by atoms with Gasteiger partial charge in [0, 0.05) is 22.3 Å². The lowest BCUT2D eigenvalue weighted by Crippen LogP contribution is -2.27. The summed E-state index contributed by atoms with van der Waals surface area (Å²) in [5, 5.41) is 3.26. The second kappa shape index (κ2) is 16.8. The molecule has 1 aromatic heterocycles. The van der Waals surface area contributed by atoms with Crippen molar-refractivity contribution in [2.45, 2.75) is 33.0 Å². The Morgan fingerprint density at radius 3 is 1.81 bits per heavy atom. The fourth-order valence-electron chi connectivity index (χ4n) is 6.43. The Morgan fingerprint density at radius 2 is 1.25 bits per heavy atom. The van der Waals surface area contributed by atoms with Crippen molar-refractivity contribution in [3.05, 3.63) is 125 Å². The van der Waals surface area contributed by atoms with Crippen molar-refractivity contribution in [3.63, 3.8) is 0 Å². The van der Waals surface area contributed by atoms with Gasteiger partial charge >= 0.3 is 12.1 Å². The number of methoxy groups -OCH3 is 5. The normalized spacial score (nSPS) is 11.1. The molecule has 0 atom stereocenters. The van der Waals surface area contributed by atoms with Crippen molar-refractivity contribution in [1.82, 2.24) is 4.57 Å². The third-order valence-corrected chi connectivity index (χ3v) is 9.03. The quantitative estimate of drug-likeness (QED) is 0.120. The second-order valence-electron chi connectivity index (χ2n) is 13.8. The topological polar surface area (TPSA) is 133 Å². The van der Waals surface area contributed by atoms with Crippen LogP contribution in [0.2, 0.25) is 0 Å². The number of aromatic nitrogens is 1. The largest absolute Gasteiger partial charge is 0.493 e. The van der Waals surface area contributed by atoms with E-state index in [-0.39, 0.29) is 17.7 Å². The number of hydrogen-bond acceptors (Lipinski definition) is 10. The molecule has 57 heavy (non-hydrogen) atoms. The minimum absolute atomic E-state index is 0.0913. The molecule has 5 aromatic carbocycles. The lowest BCUT2D eigenvalue weighted by molar-refractivity contribution is 0.0589. The molecule has 0 aliphatic rings. The molecular formula is C45H44N2O10. The average Bonchev–Trinajstić information content (AvgIpc) is 3.21. The Morgan fingerprint density at radius 1 is 0.649 bits per heavy atom. The molecule has 0 spiro atoms. The van der Waals surface area contributed by atoms with Gasteiger partial charge in [-0.1, -0.05) is 54.6 Å². The Balaban J connectivity index is 1.55. The summed E-state index contributed by atoms with van der Waals surface area (Å²) in [5.74, 6) is 0.792. The van der Waals surface area contributed by atoms with Gasteiger partial charge in [-0.2, -0.15) is 0 Å². The van der Waals surface area contributed by atoms with Crippen LogP contribution in [0.25, 0.3) is 38.7 Å². The molecule has 1 heterocycles. The molecular weight excluding hydrogens is 728 g/mol. The van der Waals surface area contributed by atoms with Crippen LogP contribution in [-0.4, -0.2) is 57.8 Å². The number of rotatable bonds is 12. The summed E-state index contributed by atoms with van der Waals surface area (Å²) in [6.07, 6.45) is -0.647. The molecule has 0 radical (unpaired) electrons. The molecule has 6 aromatic rings. The van der Waals surface area contributed by atoms with Crippen LogP contribution in [0.3, 0.4) is 0 Å². The molecule has 0 aliphatic carbocycles. The van der Waals surface area contributed by atoms with Crippen molar-refractivity contribution >= 4 is 28.5 Å². The highest BCUT2D eigenvalue weighted by molar-refractivity contribution is 6.08. The van der Waals surface area contributed by atoms with E-state index in [9.17, 15) is 14.4 Å². The van der Waals surface area contributed by atoms with Crippen molar-refractivity contribution in [3.8, 4) is 56.7 Å². The Labute approximate surface area is 330 Å². The molecule has 0 saturated heterocycles. The number of fused-ring (bicyclic) bond motifs is 1. The second-order valence-corrected chi connectivity index (χ2v) is 13.8. The van der Waals surface area contributed by atoms with E-state index < -0.39 is 23.2 Å². The van der Waals surface area contributed by atoms with Gasteiger partial charge in [-0.05, 0) is 91.6 Å². The van der Waals surface area contributed by atoms with Crippen molar-refractivity contribution in [1.29, 1.82) is 0 Å². The number of nitrogens with one attached hydrogen (secondary N) is 1. The predicted octanol–water partition coefficient (Wildman–Crippen LogP) is 9.07. The van der Waals surface area contributed by atoms with E-state index in [1.807, 2.05) is 54.6 Å². The monoisotopic (exact) mass is 772 g/mol. The van der Waals surface area contributed by atoms with Gasteiger partial charge in [0.2, 0.25) is 5.75 Å². The number of esters is 1. The van der Waals surface area contributed by atoms with Gasteiger partial charge in [-0.25, -0.2) is 9.59 Å². The molecule has 1 N–H and O–H groups in total. The first-order valence-electron chi connectivity index (χ1n) is 18.0. The fourth-order valence-corrected chi connectivity index (χ4v) is 6.43. The zero-order chi connectivity index (χ0) is 40.9. The first-order valence-corrected chi connectivity index (χ1v) is 18.0. The first-order chi connectivity index (χ1) is 27.4. The molecule has 6 rings (SSSR count). The smallest absolute Gasteiger partial charge is 0.412 e. The number of ether oxygens (including phenoxy) is 7. The maximum Gasteiger partial charge on any atom is 0.412 e. The van der Waals surface area contributed by atoms with Gasteiger partial charge in [0.15, 0.2) is 23.0 Å². The fraction of sp³-hybridized carbons (Fsp3) is 0.222. The summed E-state index contributed by atoms with van der Waals surface area (Å²) in [4.78, 5) is 41.3. The van der Waals surface area contributed by atoms with Crippen LogP contribution in [0.1, 0.15) is 36.8 Å². The number of amides is 1. The van der Waals surface area contributed by atoms with Crippen LogP contribution in [0.4, 0.5) is 10.5 Å². The average molecular weight is 773 g/mol. The zero-order valence-electron chi connectivity index (χ0n) is 33.1. The molecule has 294 valence electrons. The van der Waals surface area contributed by atoms with E-state index in [0.717, 1.165) is 16.7 Å². The number of hydrogen-bond donors (Lipinski definition) is 1. The molecule has 0 bridgehead atoms. The summed E-state index contributed by atoms with van der Waals surface area (Å²) in [5.41, 5.74) is 3.19. The predicted molar refractivity (Wildman–Crippen MR) is 219 cm³/mol. The summed E-state index contributed by atoms with van der Waals surface area (Å²) in [6, 6.07) is 31.1. The van der Waals surface area contributed by atoms with Gasteiger partial charge in [0.1, 0.15) is 17.9 Å². The van der Waals surface area contributed by atoms with Crippen molar-refractivity contribution in [2.24, 2.45) is 0 Å². The third-order valence-electron chi connectivity index (χ3n) is 9.03. The standard InChI is InChI=1S/C45H44N2O10/c1-45(2,3)57-44(50)46-31-18-20-32(21-19-31)47-40(43(49)55-8)39(30-22-37(52-5)41(54-7)38(23-30)53-6)33-24-35(51-4)36(25-34(33)42(47)48)56-26-27-14-16-29(17-15-27)28-12-10-9-11-13-28/h9-25H,26H2,1-8H3,(H,46,50). The molecule has 12 nitrogen and oxygen atoms in total. The highest BCUT2D eigenvalue weighted by Crippen LogP contribution is 2.45. The Hall–Kier alpha value is -6.95. The van der Waals surface area contributed by atoms with Crippen LogP contribution >= 0.6 is 0 Å². The van der Waals surface area contributed by atoms with Crippen LogP contribution in [0.15, 0.2) is 108 Å². The highest BCUT2D eigenvalue weighted by Gasteiger charge is 2.28. The number of nitrogens with zero attached hydrogens (tertiary/aromatic N) is 1. The van der Waals surface area contributed by atoms with Crippen molar-refractivity contribution < 1.29 is 42.7 Å². The summed E-state index contributed by atoms with van der Waals surface area (Å²) in [6.45, 7) is 5.46. The third kappa shape index (κ3) is 8.50. The van der Waals surface area contributed by atoms with Gasteiger partial charge in [0.25, 0.3) is 5.56 Å². The lowest BCUT2D eigenvalue weighted by atomic mass is 9.95. The van der Waals surface area contributed by atoms with Crippen molar-refractivity contribution in [2.75, 3.05) is 40.9 Å². The van der Waals surface area contributed by atoms with E-state index in [1.165, 1.54) is 40.1 Å². The Kier molecular flexibility index (Phi) is 11.7. The SMILES string of the molecule is COC(=O)c1c(-c2cc(OC)c(OC)c(OC)c2)c2cc(OC)c(OCc3ccc(-c4ccccc4)cc3)cc2c(=O)n1-c1ccc(NC(=O)OC(C)(C)C)cc1. The molecule has 0 unspecified atom stereocenters. The first kappa shape index (κ1) is 39.7. The van der Waals surface area contributed by atoms with Crippen LogP contribution in [0.5, 0.6) is 28.7 Å². The minimum Gasteiger partial charge on any atom is -0.493 e. The van der Waals surface area contributed by atoms with E-state index in [4.69, 9.17) is 33.2 Å². The van der Waals surface area contributed by atoms with Gasteiger partial charge in [-0.15, -0.1) is 0 Å². The summed E-state index contributed by atoms with van der Waals surface area (Å²) >= 11 is 0. The van der Waals surface area contributed by atoms with E-state index in [1.54, 1.807) is 69.3 Å². The van der Waals surface area contributed by atoms with Gasteiger partial charge < -0.3 is 33.2 Å². The van der Waals surface area contributed by atoms with Gasteiger partial charge in [-0.3, -0.25) is 14.7 Å². The summed E-state index contributed by atoms with van der Waals surface area (Å²) < 4.78 is 41.1. The summed E-state index contributed by atoms with van der Waals surface area (Å²) in [7, 11) is 7.18.